The van der Waals surface area contributed by atoms with Crippen LogP contribution in [0.25, 0.3) is 0 Å². The van der Waals surface area contributed by atoms with Crippen molar-refractivity contribution in [2.75, 3.05) is 20.2 Å². The van der Waals surface area contributed by atoms with Crippen LogP contribution in [-0.2, 0) is 4.79 Å². The Morgan fingerprint density at radius 2 is 1.88 bits per heavy atom. The molecule has 0 saturated carbocycles. The first-order chi connectivity index (χ1) is 11.3. The molecule has 1 aromatic rings. The molecule has 0 bridgehead atoms. The fourth-order valence-corrected chi connectivity index (χ4v) is 1.83. The summed E-state index contributed by atoms with van der Waals surface area (Å²) in [5, 5.41) is 5.15. The average molecular weight is 344 g/mol. The summed E-state index contributed by atoms with van der Waals surface area (Å²) < 4.78 is 33.7. The van der Waals surface area contributed by atoms with Crippen LogP contribution in [0.2, 0.25) is 0 Å². The lowest BCUT2D eigenvalue weighted by atomic mass is 10.1. The van der Waals surface area contributed by atoms with Crippen molar-refractivity contribution in [3.8, 4) is 11.5 Å². The number of carbonyl (C=O) groups excluding carboxylic acids is 2. The number of amides is 2. The largest absolute Gasteiger partial charge is 0.493 e. The van der Waals surface area contributed by atoms with Crippen LogP contribution in [0, 0.1) is 5.92 Å². The number of nitrogens with one attached hydrogen (secondary N) is 2. The van der Waals surface area contributed by atoms with E-state index in [1.165, 1.54) is 25.3 Å². The molecular weight excluding hydrogens is 322 g/mol. The van der Waals surface area contributed by atoms with Crippen LogP contribution in [0.15, 0.2) is 18.2 Å². The second-order valence-corrected chi connectivity index (χ2v) is 5.46. The number of rotatable bonds is 9. The summed E-state index contributed by atoms with van der Waals surface area (Å²) in [4.78, 5) is 23.6. The third-order valence-corrected chi connectivity index (χ3v) is 3.10. The van der Waals surface area contributed by atoms with Gasteiger partial charge in [-0.2, -0.15) is 8.78 Å². The molecule has 1 rings (SSSR count). The molecule has 0 aliphatic rings. The minimum atomic E-state index is -2.99. The number of hydrogen-bond donors (Lipinski definition) is 2. The predicted octanol–water partition coefficient (Wildman–Crippen LogP) is 2.19. The zero-order valence-electron chi connectivity index (χ0n) is 13.9. The second-order valence-electron chi connectivity index (χ2n) is 5.46. The van der Waals surface area contributed by atoms with Gasteiger partial charge in [-0.25, -0.2) is 0 Å². The molecule has 0 aliphatic heterocycles. The lowest BCUT2D eigenvalue weighted by Crippen LogP contribution is -2.37. The van der Waals surface area contributed by atoms with Crippen LogP contribution >= 0.6 is 0 Å². The zero-order valence-corrected chi connectivity index (χ0v) is 13.9. The molecule has 0 aromatic heterocycles. The first-order valence-corrected chi connectivity index (χ1v) is 7.51. The minimum Gasteiger partial charge on any atom is -0.493 e. The highest BCUT2D eigenvalue weighted by Gasteiger charge is 2.14. The van der Waals surface area contributed by atoms with Gasteiger partial charge < -0.3 is 20.1 Å². The van der Waals surface area contributed by atoms with E-state index >= 15 is 0 Å². The fourth-order valence-electron chi connectivity index (χ4n) is 1.83. The van der Waals surface area contributed by atoms with Crippen molar-refractivity contribution < 1.29 is 27.8 Å². The van der Waals surface area contributed by atoms with E-state index in [1.54, 1.807) is 0 Å². The highest BCUT2D eigenvalue weighted by molar-refractivity contribution is 5.97. The van der Waals surface area contributed by atoms with Crippen LogP contribution < -0.4 is 20.1 Å². The van der Waals surface area contributed by atoms with Crippen molar-refractivity contribution in [2.24, 2.45) is 5.92 Å². The van der Waals surface area contributed by atoms with E-state index in [9.17, 15) is 18.4 Å². The highest BCUT2D eigenvalue weighted by atomic mass is 19.3. The molecule has 1 aromatic carbocycles. The Balaban J connectivity index is 2.57. The lowest BCUT2D eigenvalue weighted by Gasteiger charge is -2.12. The SMILES string of the molecule is COc1cc(C(=O)NCC(=O)NCCC(C)C)ccc1OC(F)F. The maximum Gasteiger partial charge on any atom is 0.387 e. The van der Waals surface area contributed by atoms with Gasteiger partial charge in [-0.1, -0.05) is 13.8 Å². The van der Waals surface area contributed by atoms with Gasteiger partial charge in [0.2, 0.25) is 5.91 Å². The Morgan fingerprint density at radius 1 is 1.17 bits per heavy atom. The summed E-state index contributed by atoms with van der Waals surface area (Å²) in [5.74, 6) is -0.509. The van der Waals surface area contributed by atoms with Gasteiger partial charge >= 0.3 is 6.61 Å². The van der Waals surface area contributed by atoms with Gasteiger partial charge in [0.05, 0.1) is 13.7 Å². The van der Waals surface area contributed by atoms with Gasteiger partial charge in [0.1, 0.15) is 0 Å². The van der Waals surface area contributed by atoms with E-state index < -0.39 is 12.5 Å². The first kappa shape index (κ1) is 19.7. The van der Waals surface area contributed by atoms with Crippen LogP contribution in [0.1, 0.15) is 30.6 Å². The van der Waals surface area contributed by atoms with Crippen LogP contribution in [0.4, 0.5) is 8.78 Å². The number of alkyl halides is 2. The van der Waals surface area contributed by atoms with Gasteiger partial charge in [-0.3, -0.25) is 9.59 Å². The molecule has 0 heterocycles. The Labute approximate surface area is 139 Å². The van der Waals surface area contributed by atoms with Crippen LogP contribution in [-0.4, -0.2) is 38.6 Å². The summed E-state index contributed by atoms with van der Waals surface area (Å²) in [6, 6.07) is 3.79. The number of carbonyl (C=O) groups is 2. The third kappa shape index (κ3) is 6.80. The Morgan fingerprint density at radius 3 is 2.46 bits per heavy atom. The van der Waals surface area contributed by atoms with E-state index in [1.807, 2.05) is 13.8 Å². The number of ether oxygens (including phenoxy) is 2. The maximum atomic E-state index is 12.3. The molecule has 134 valence electrons. The van der Waals surface area contributed by atoms with E-state index in [0.717, 1.165) is 6.42 Å². The molecule has 2 N–H and O–H groups in total. The van der Waals surface area contributed by atoms with Gasteiger partial charge in [0.25, 0.3) is 5.91 Å². The molecule has 0 aliphatic carbocycles. The number of methoxy groups -OCH3 is 1. The van der Waals surface area contributed by atoms with Crippen molar-refractivity contribution in [1.29, 1.82) is 0 Å². The minimum absolute atomic E-state index is 0.00401. The smallest absolute Gasteiger partial charge is 0.387 e. The van der Waals surface area contributed by atoms with Crippen molar-refractivity contribution in [3.05, 3.63) is 23.8 Å². The Hall–Kier alpha value is -2.38. The molecule has 0 radical (unpaired) electrons. The topological polar surface area (TPSA) is 76.7 Å². The van der Waals surface area contributed by atoms with Crippen molar-refractivity contribution in [3.63, 3.8) is 0 Å². The van der Waals surface area contributed by atoms with Crippen molar-refractivity contribution in [1.82, 2.24) is 10.6 Å². The highest BCUT2D eigenvalue weighted by Crippen LogP contribution is 2.29. The molecule has 0 atom stereocenters. The molecule has 0 spiro atoms. The molecule has 0 fully saturated rings. The van der Waals surface area contributed by atoms with Gasteiger partial charge in [0.15, 0.2) is 11.5 Å². The molecule has 0 saturated heterocycles. The summed E-state index contributed by atoms with van der Waals surface area (Å²) in [7, 11) is 1.28. The van der Waals surface area contributed by atoms with E-state index in [-0.39, 0.29) is 29.5 Å². The number of halogens is 2. The molecule has 24 heavy (non-hydrogen) atoms. The molecule has 0 unspecified atom stereocenters. The van der Waals surface area contributed by atoms with E-state index in [2.05, 4.69) is 15.4 Å². The first-order valence-electron chi connectivity index (χ1n) is 7.51. The van der Waals surface area contributed by atoms with Crippen LogP contribution in [0.3, 0.4) is 0 Å². The van der Waals surface area contributed by atoms with Crippen molar-refractivity contribution >= 4 is 11.8 Å². The second kappa shape index (κ2) is 9.69. The lowest BCUT2D eigenvalue weighted by molar-refractivity contribution is -0.120. The zero-order chi connectivity index (χ0) is 18.1. The van der Waals surface area contributed by atoms with Crippen LogP contribution in [0.5, 0.6) is 11.5 Å². The average Bonchev–Trinajstić information content (AvgIpc) is 2.52. The van der Waals surface area contributed by atoms with Crippen molar-refractivity contribution in [2.45, 2.75) is 26.9 Å². The Kier molecular flexibility index (Phi) is 7.94. The maximum absolute atomic E-state index is 12.3. The summed E-state index contributed by atoms with van der Waals surface area (Å²) in [6.45, 7) is 1.47. The molecular formula is C16H22F2N2O4. The standard InChI is InChI=1S/C16H22F2N2O4/c1-10(2)6-7-19-14(21)9-20-15(22)11-4-5-12(24-16(17)18)13(8-11)23-3/h4-5,8,10,16H,6-7,9H2,1-3H3,(H,19,21)(H,20,22). The monoisotopic (exact) mass is 344 g/mol. The van der Waals surface area contributed by atoms with E-state index in [4.69, 9.17) is 4.74 Å². The van der Waals surface area contributed by atoms with Gasteiger partial charge in [-0.15, -0.1) is 0 Å². The summed E-state index contributed by atoms with van der Waals surface area (Å²) >= 11 is 0. The summed E-state index contributed by atoms with van der Waals surface area (Å²) in [5.41, 5.74) is 0.170. The third-order valence-electron chi connectivity index (χ3n) is 3.10. The Bertz CT molecular complexity index is 565. The van der Waals surface area contributed by atoms with E-state index in [0.29, 0.717) is 12.5 Å². The fraction of sp³-hybridized carbons (Fsp3) is 0.500. The number of benzene rings is 1. The van der Waals surface area contributed by atoms with Gasteiger partial charge in [0, 0.05) is 12.1 Å². The molecule has 8 heteroatoms. The quantitative estimate of drug-likeness (QED) is 0.720. The predicted molar refractivity (Wildman–Crippen MR) is 84.4 cm³/mol. The van der Waals surface area contributed by atoms with Gasteiger partial charge in [-0.05, 0) is 30.5 Å². The summed E-state index contributed by atoms with van der Waals surface area (Å²) in [6.07, 6.45) is 0.850. The number of hydrogen-bond acceptors (Lipinski definition) is 4. The molecule has 2 amide bonds. The normalized spacial score (nSPS) is 10.6. The molecule has 6 nitrogen and oxygen atoms in total.